The first-order valence-electron chi connectivity index (χ1n) is 7.31. The summed E-state index contributed by atoms with van der Waals surface area (Å²) in [6.45, 7) is 0. The highest BCUT2D eigenvalue weighted by Gasteiger charge is 2.10. The summed E-state index contributed by atoms with van der Waals surface area (Å²) in [5.41, 5.74) is 5.29. The third kappa shape index (κ3) is 1.87. The molecule has 4 aromatic rings. The molecular formula is C19H18N2. The second kappa shape index (κ2) is 4.52. The molecular weight excluding hydrogens is 256 g/mol. The van der Waals surface area contributed by atoms with Crippen LogP contribution in [0.25, 0.3) is 21.8 Å². The molecule has 0 unspecified atom stereocenters. The molecule has 0 fully saturated rings. The average molecular weight is 274 g/mol. The van der Waals surface area contributed by atoms with Crippen LogP contribution in [-0.2, 0) is 20.5 Å². The predicted octanol–water partition coefficient (Wildman–Crippen LogP) is 4.26. The van der Waals surface area contributed by atoms with Crippen LogP contribution in [0.3, 0.4) is 0 Å². The van der Waals surface area contributed by atoms with E-state index in [2.05, 4.69) is 83.9 Å². The molecule has 2 heterocycles. The number of para-hydroxylation sites is 2. The number of hydrogen-bond acceptors (Lipinski definition) is 0. The van der Waals surface area contributed by atoms with Crippen molar-refractivity contribution in [2.75, 3.05) is 0 Å². The fourth-order valence-electron chi connectivity index (χ4n) is 3.22. The lowest BCUT2D eigenvalue weighted by molar-refractivity contribution is 0.822. The van der Waals surface area contributed by atoms with E-state index in [0.717, 1.165) is 6.42 Å². The maximum absolute atomic E-state index is 2.30. The Bertz CT molecular complexity index is 863. The summed E-state index contributed by atoms with van der Waals surface area (Å²) in [6.07, 6.45) is 0.955. The third-order valence-electron chi connectivity index (χ3n) is 4.46. The maximum atomic E-state index is 2.30. The SMILES string of the molecule is Cn1c(Cc2cc3ccccc3n2C)cc2ccccc21. The molecule has 2 nitrogen and oxygen atoms in total. The lowest BCUT2D eigenvalue weighted by atomic mass is 10.2. The summed E-state index contributed by atoms with van der Waals surface area (Å²) in [5.74, 6) is 0. The van der Waals surface area contributed by atoms with E-state index in [-0.39, 0.29) is 0 Å². The Morgan fingerprint density at radius 3 is 1.52 bits per heavy atom. The Kier molecular flexibility index (Phi) is 2.64. The second-order valence-corrected chi connectivity index (χ2v) is 5.68. The summed E-state index contributed by atoms with van der Waals surface area (Å²) in [6, 6.07) is 21.7. The minimum atomic E-state index is 0.955. The molecule has 0 spiro atoms. The standard InChI is InChI=1S/C19H18N2/c1-20-16(11-14-7-3-5-9-18(14)20)13-17-12-15-8-4-6-10-19(15)21(17)2/h3-12H,13H2,1-2H3. The van der Waals surface area contributed by atoms with E-state index in [1.165, 1.54) is 33.2 Å². The Morgan fingerprint density at radius 1 is 0.667 bits per heavy atom. The molecule has 0 radical (unpaired) electrons. The molecule has 0 atom stereocenters. The van der Waals surface area contributed by atoms with E-state index in [1.807, 2.05) is 0 Å². The van der Waals surface area contributed by atoms with E-state index >= 15 is 0 Å². The molecule has 0 saturated heterocycles. The van der Waals surface area contributed by atoms with Gasteiger partial charge in [0.15, 0.2) is 0 Å². The largest absolute Gasteiger partial charge is 0.347 e. The van der Waals surface area contributed by atoms with Crippen LogP contribution in [0.1, 0.15) is 11.4 Å². The van der Waals surface area contributed by atoms with Crippen LogP contribution in [0.4, 0.5) is 0 Å². The summed E-state index contributed by atoms with van der Waals surface area (Å²) in [5, 5.41) is 2.63. The minimum absolute atomic E-state index is 0.955. The third-order valence-corrected chi connectivity index (χ3v) is 4.46. The van der Waals surface area contributed by atoms with Gasteiger partial charge in [-0.15, -0.1) is 0 Å². The Labute approximate surface area is 124 Å². The number of aryl methyl sites for hydroxylation is 2. The first-order valence-corrected chi connectivity index (χ1v) is 7.31. The molecule has 2 aromatic heterocycles. The summed E-state index contributed by atoms with van der Waals surface area (Å²) < 4.78 is 4.60. The van der Waals surface area contributed by atoms with Gasteiger partial charge in [0.25, 0.3) is 0 Å². The van der Waals surface area contributed by atoms with Gasteiger partial charge < -0.3 is 9.13 Å². The summed E-state index contributed by atoms with van der Waals surface area (Å²) in [4.78, 5) is 0. The van der Waals surface area contributed by atoms with E-state index in [0.29, 0.717) is 0 Å². The monoisotopic (exact) mass is 274 g/mol. The van der Waals surface area contributed by atoms with Gasteiger partial charge in [0.1, 0.15) is 0 Å². The van der Waals surface area contributed by atoms with Crippen molar-refractivity contribution in [1.29, 1.82) is 0 Å². The molecule has 2 heteroatoms. The van der Waals surface area contributed by atoms with Gasteiger partial charge in [0.2, 0.25) is 0 Å². The summed E-state index contributed by atoms with van der Waals surface area (Å²) >= 11 is 0. The van der Waals surface area contributed by atoms with Crippen molar-refractivity contribution in [2.24, 2.45) is 14.1 Å². The van der Waals surface area contributed by atoms with Crippen LogP contribution in [-0.4, -0.2) is 9.13 Å². The van der Waals surface area contributed by atoms with Gasteiger partial charge in [0.05, 0.1) is 0 Å². The molecule has 104 valence electrons. The number of hydrogen-bond donors (Lipinski definition) is 0. The molecule has 2 aromatic carbocycles. The Balaban J connectivity index is 1.83. The van der Waals surface area contributed by atoms with E-state index in [1.54, 1.807) is 0 Å². The number of nitrogens with zero attached hydrogens (tertiary/aromatic N) is 2. The van der Waals surface area contributed by atoms with Crippen LogP contribution in [0.15, 0.2) is 60.7 Å². The van der Waals surface area contributed by atoms with Gasteiger partial charge in [-0.1, -0.05) is 36.4 Å². The van der Waals surface area contributed by atoms with Gasteiger partial charge >= 0.3 is 0 Å². The molecule has 0 amide bonds. The zero-order chi connectivity index (χ0) is 14.4. The van der Waals surface area contributed by atoms with Gasteiger partial charge in [-0.05, 0) is 35.0 Å². The van der Waals surface area contributed by atoms with Crippen molar-refractivity contribution in [1.82, 2.24) is 9.13 Å². The molecule has 0 bridgehead atoms. The smallest absolute Gasteiger partial charge is 0.0479 e. The molecule has 0 aliphatic heterocycles. The van der Waals surface area contributed by atoms with Crippen LogP contribution in [0, 0.1) is 0 Å². The van der Waals surface area contributed by atoms with Gasteiger partial charge in [-0.25, -0.2) is 0 Å². The van der Waals surface area contributed by atoms with Crippen molar-refractivity contribution in [3.05, 3.63) is 72.1 Å². The van der Waals surface area contributed by atoms with E-state index in [4.69, 9.17) is 0 Å². The zero-order valence-corrected chi connectivity index (χ0v) is 12.4. The number of aromatic nitrogens is 2. The quantitative estimate of drug-likeness (QED) is 0.517. The number of benzene rings is 2. The second-order valence-electron chi connectivity index (χ2n) is 5.68. The van der Waals surface area contributed by atoms with Crippen molar-refractivity contribution < 1.29 is 0 Å². The van der Waals surface area contributed by atoms with Crippen LogP contribution >= 0.6 is 0 Å². The van der Waals surface area contributed by atoms with E-state index in [9.17, 15) is 0 Å². The van der Waals surface area contributed by atoms with Crippen molar-refractivity contribution in [2.45, 2.75) is 6.42 Å². The van der Waals surface area contributed by atoms with Gasteiger partial charge in [-0.2, -0.15) is 0 Å². The fraction of sp³-hybridized carbons (Fsp3) is 0.158. The van der Waals surface area contributed by atoms with E-state index < -0.39 is 0 Å². The predicted molar refractivity (Wildman–Crippen MR) is 88.6 cm³/mol. The first-order chi connectivity index (χ1) is 10.2. The highest BCUT2D eigenvalue weighted by Crippen LogP contribution is 2.24. The van der Waals surface area contributed by atoms with Gasteiger partial charge in [0, 0.05) is 42.9 Å². The van der Waals surface area contributed by atoms with Crippen molar-refractivity contribution >= 4 is 21.8 Å². The molecule has 0 aliphatic rings. The topological polar surface area (TPSA) is 9.86 Å². The van der Waals surface area contributed by atoms with Crippen molar-refractivity contribution in [3.8, 4) is 0 Å². The molecule has 0 N–H and O–H groups in total. The van der Waals surface area contributed by atoms with Crippen LogP contribution in [0.2, 0.25) is 0 Å². The Morgan fingerprint density at radius 2 is 1.10 bits per heavy atom. The lowest BCUT2D eigenvalue weighted by Crippen LogP contribution is -2.01. The number of fused-ring (bicyclic) bond motifs is 2. The highest BCUT2D eigenvalue weighted by molar-refractivity contribution is 5.82. The normalized spacial score (nSPS) is 11.5. The summed E-state index contributed by atoms with van der Waals surface area (Å²) in [7, 11) is 4.31. The molecule has 0 saturated carbocycles. The van der Waals surface area contributed by atoms with Crippen LogP contribution in [0.5, 0.6) is 0 Å². The highest BCUT2D eigenvalue weighted by atomic mass is 15.0. The minimum Gasteiger partial charge on any atom is -0.347 e. The lowest BCUT2D eigenvalue weighted by Gasteiger charge is -2.06. The van der Waals surface area contributed by atoms with Crippen LogP contribution < -0.4 is 0 Å². The molecule has 0 aliphatic carbocycles. The van der Waals surface area contributed by atoms with Gasteiger partial charge in [-0.3, -0.25) is 0 Å². The first kappa shape index (κ1) is 12.3. The fourth-order valence-corrected chi connectivity index (χ4v) is 3.22. The number of rotatable bonds is 2. The average Bonchev–Trinajstić information content (AvgIpc) is 2.99. The maximum Gasteiger partial charge on any atom is 0.0479 e. The molecule has 4 rings (SSSR count). The molecule has 21 heavy (non-hydrogen) atoms. The zero-order valence-electron chi connectivity index (χ0n) is 12.4. The van der Waals surface area contributed by atoms with Crippen molar-refractivity contribution in [3.63, 3.8) is 0 Å². The Hall–Kier alpha value is -2.48.